The molecule has 0 bridgehead atoms. The molecule has 1 aromatic heterocycles. The third-order valence-electron chi connectivity index (χ3n) is 6.42. The zero-order valence-electron chi connectivity index (χ0n) is 17.4. The monoisotopic (exact) mass is 492 g/mol. The van der Waals surface area contributed by atoms with E-state index in [-0.39, 0.29) is 30.2 Å². The molecular weight excluding hydrogens is 472 g/mol. The van der Waals surface area contributed by atoms with E-state index in [1.165, 1.54) is 29.5 Å². The van der Waals surface area contributed by atoms with E-state index in [1.54, 1.807) is 23.1 Å². The van der Waals surface area contributed by atoms with Gasteiger partial charge in [-0.05, 0) is 60.5 Å². The van der Waals surface area contributed by atoms with Crippen LogP contribution >= 0.6 is 23.6 Å². The lowest BCUT2D eigenvalue weighted by atomic mass is 9.82. The minimum absolute atomic E-state index is 0.00563. The minimum atomic E-state index is -4.47. The van der Waals surface area contributed by atoms with Crippen molar-refractivity contribution in [3.05, 3.63) is 69.4 Å². The van der Waals surface area contributed by atoms with Gasteiger partial charge in [0.2, 0.25) is 5.91 Å². The number of benzene rings is 2. The van der Waals surface area contributed by atoms with Gasteiger partial charge in [-0.25, -0.2) is 4.39 Å². The van der Waals surface area contributed by atoms with Crippen LogP contribution in [0.1, 0.15) is 42.9 Å². The quantitative estimate of drug-likeness (QED) is 0.282. The number of hydrogen-bond donors (Lipinski definition) is 0. The van der Waals surface area contributed by atoms with Gasteiger partial charge in [-0.2, -0.15) is 13.2 Å². The van der Waals surface area contributed by atoms with Gasteiger partial charge in [-0.3, -0.25) is 9.69 Å². The molecule has 3 nitrogen and oxygen atoms in total. The van der Waals surface area contributed by atoms with Gasteiger partial charge in [-0.15, -0.1) is 11.3 Å². The molecule has 33 heavy (non-hydrogen) atoms. The van der Waals surface area contributed by atoms with Crippen molar-refractivity contribution in [2.45, 2.75) is 44.4 Å². The lowest BCUT2D eigenvalue weighted by Crippen LogP contribution is -2.47. The summed E-state index contributed by atoms with van der Waals surface area (Å²) >= 11 is 7.05. The number of amides is 1. The van der Waals surface area contributed by atoms with Crippen LogP contribution in [0.25, 0.3) is 10.4 Å². The number of carbonyl (C=O) groups excluding carboxylic acids is 1. The van der Waals surface area contributed by atoms with Crippen LogP contribution in [0.3, 0.4) is 0 Å². The predicted molar refractivity (Wildman–Crippen MR) is 122 cm³/mol. The average molecular weight is 493 g/mol. The highest BCUT2D eigenvalue weighted by atomic mass is 32.1. The molecule has 2 aliphatic rings. The van der Waals surface area contributed by atoms with Crippen LogP contribution in [0.2, 0.25) is 0 Å². The Labute approximate surface area is 197 Å². The van der Waals surface area contributed by atoms with E-state index < -0.39 is 11.7 Å². The number of thiazole rings is 1. The summed E-state index contributed by atoms with van der Waals surface area (Å²) in [4.78, 5) is 16.0. The van der Waals surface area contributed by atoms with Gasteiger partial charge < -0.3 is 4.57 Å². The van der Waals surface area contributed by atoms with E-state index in [0.29, 0.717) is 15.3 Å². The molecule has 3 aromatic rings. The predicted octanol–water partition coefficient (Wildman–Crippen LogP) is 7.38. The molecule has 2 aromatic carbocycles. The molecule has 0 radical (unpaired) electrons. The summed E-state index contributed by atoms with van der Waals surface area (Å²) in [6.07, 6.45) is -0.987. The number of aromatic nitrogens is 1. The van der Waals surface area contributed by atoms with Crippen LogP contribution in [0.5, 0.6) is 0 Å². The van der Waals surface area contributed by atoms with Crippen LogP contribution < -0.4 is 4.90 Å². The van der Waals surface area contributed by atoms with E-state index in [0.717, 1.165) is 48.3 Å². The van der Waals surface area contributed by atoms with Gasteiger partial charge in [0.15, 0.2) is 3.95 Å². The molecule has 9 heteroatoms. The second-order valence-corrected chi connectivity index (χ2v) is 10.1. The van der Waals surface area contributed by atoms with Gasteiger partial charge >= 0.3 is 6.18 Å². The fourth-order valence-corrected chi connectivity index (χ4v) is 6.43. The molecule has 1 amide bonds. The number of anilines is 1. The fourth-order valence-electron chi connectivity index (χ4n) is 4.91. The maximum absolute atomic E-state index is 13.7. The Bertz CT molecular complexity index is 1260. The largest absolute Gasteiger partial charge is 0.416 e. The third kappa shape index (κ3) is 4.01. The summed E-state index contributed by atoms with van der Waals surface area (Å²) in [5.74, 6) is -0.116. The van der Waals surface area contributed by atoms with Crippen molar-refractivity contribution in [1.82, 2.24) is 4.57 Å². The van der Waals surface area contributed by atoms with E-state index in [2.05, 4.69) is 0 Å². The van der Waals surface area contributed by atoms with Crippen molar-refractivity contribution < 1.29 is 22.4 Å². The summed E-state index contributed by atoms with van der Waals surface area (Å²) in [6, 6.07) is 11.0. The molecule has 0 saturated heterocycles. The number of fused-ring (bicyclic) bond motifs is 3. The fraction of sp³-hybridized carbons (Fsp3) is 0.333. The number of alkyl halides is 3. The van der Waals surface area contributed by atoms with Gasteiger partial charge in [0.05, 0.1) is 22.9 Å². The van der Waals surface area contributed by atoms with Crippen molar-refractivity contribution in [3.63, 3.8) is 0 Å². The first-order valence-electron chi connectivity index (χ1n) is 10.7. The Kier molecular flexibility index (Phi) is 5.64. The second kappa shape index (κ2) is 8.36. The molecule has 5 rings (SSSR count). The Hall–Kier alpha value is -2.52. The summed E-state index contributed by atoms with van der Waals surface area (Å²) in [5, 5.41) is 0. The third-order valence-corrected chi connectivity index (χ3v) is 7.86. The first-order chi connectivity index (χ1) is 15.7. The first-order valence-corrected chi connectivity index (χ1v) is 12.0. The van der Waals surface area contributed by atoms with E-state index in [4.69, 9.17) is 12.2 Å². The zero-order chi connectivity index (χ0) is 23.3. The summed E-state index contributed by atoms with van der Waals surface area (Å²) < 4.78 is 56.0. The number of carbonyl (C=O) groups is 1. The van der Waals surface area contributed by atoms with Gasteiger partial charge in [0.1, 0.15) is 11.6 Å². The van der Waals surface area contributed by atoms with Crippen LogP contribution in [-0.4, -0.2) is 10.5 Å². The van der Waals surface area contributed by atoms with Crippen molar-refractivity contribution in [3.8, 4) is 10.4 Å². The normalized spacial score (nSPS) is 20.5. The van der Waals surface area contributed by atoms with Crippen molar-refractivity contribution in [1.29, 1.82) is 0 Å². The molecule has 2 atom stereocenters. The van der Waals surface area contributed by atoms with Crippen molar-refractivity contribution >= 4 is 35.3 Å². The number of rotatable bonds is 3. The highest BCUT2D eigenvalue weighted by Gasteiger charge is 2.43. The van der Waals surface area contributed by atoms with Crippen LogP contribution in [0.15, 0.2) is 48.5 Å². The maximum Gasteiger partial charge on any atom is 0.416 e. The van der Waals surface area contributed by atoms with E-state index >= 15 is 0 Å². The van der Waals surface area contributed by atoms with Gasteiger partial charge in [0.25, 0.3) is 0 Å². The molecule has 1 aliphatic heterocycles. The Morgan fingerprint density at radius 1 is 1.06 bits per heavy atom. The summed E-state index contributed by atoms with van der Waals surface area (Å²) in [5.41, 5.74) is 0.361. The molecule has 1 fully saturated rings. The highest BCUT2D eigenvalue weighted by Crippen LogP contribution is 2.49. The number of nitrogens with zero attached hydrogens (tertiary/aromatic N) is 2. The molecular formula is C24H20F4N2OS2. The lowest BCUT2D eigenvalue weighted by Gasteiger charge is -2.42. The SMILES string of the molecule is O=C1C2CCCCC2n2c(c(-c3ccc(F)cc3)sc2=S)N1Cc1cccc(C(F)(F)F)c1. The minimum Gasteiger partial charge on any atom is -0.305 e. The Balaban J connectivity index is 1.65. The number of halogens is 4. The smallest absolute Gasteiger partial charge is 0.305 e. The van der Waals surface area contributed by atoms with Crippen LogP contribution in [0.4, 0.5) is 23.4 Å². The van der Waals surface area contributed by atoms with E-state index in [9.17, 15) is 22.4 Å². The first kappa shape index (κ1) is 22.3. The topological polar surface area (TPSA) is 25.2 Å². The Morgan fingerprint density at radius 2 is 1.79 bits per heavy atom. The molecule has 1 saturated carbocycles. The van der Waals surface area contributed by atoms with Gasteiger partial charge in [0, 0.05) is 6.04 Å². The van der Waals surface area contributed by atoms with E-state index in [1.807, 2.05) is 4.57 Å². The molecule has 172 valence electrons. The zero-order valence-corrected chi connectivity index (χ0v) is 19.1. The number of hydrogen-bond acceptors (Lipinski definition) is 3. The summed E-state index contributed by atoms with van der Waals surface area (Å²) in [7, 11) is 0. The molecule has 2 unspecified atom stereocenters. The van der Waals surface area contributed by atoms with Gasteiger partial charge in [-0.1, -0.05) is 37.1 Å². The maximum atomic E-state index is 13.7. The molecule has 1 aliphatic carbocycles. The standard InChI is InChI=1S/C24H20F4N2OS2/c25-17-10-8-15(9-11-17)20-21-29(13-14-4-3-5-16(12-14)24(26,27)28)22(31)18-6-1-2-7-19(18)30(21)23(32)33-20/h3-5,8-12,18-19H,1-2,6-7,13H2. The van der Waals surface area contributed by atoms with Crippen molar-refractivity contribution in [2.24, 2.45) is 5.92 Å². The highest BCUT2D eigenvalue weighted by molar-refractivity contribution is 7.73. The lowest BCUT2D eigenvalue weighted by molar-refractivity contribution is -0.137. The average Bonchev–Trinajstić information content (AvgIpc) is 3.14. The Morgan fingerprint density at radius 3 is 2.52 bits per heavy atom. The molecule has 0 N–H and O–H groups in total. The van der Waals surface area contributed by atoms with Crippen LogP contribution in [0, 0.1) is 15.7 Å². The van der Waals surface area contributed by atoms with Crippen LogP contribution in [-0.2, 0) is 17.5 Å². The van der Waals surface area contributed by atoms with Crippen molar-refractivity contribution in [2.75, 3.05) is 4.90 Å². The molecule has 0 spiro atoms. The molecule has 2 heterocycles. The second-order valence-electron chi connectivity index (χ2n) is 8.48. The summed E-state index contributed by atoms with van der Waals surface area (Å²) in [6.45, 7) is 0.00563.